The summed E-state index contributed by atoms with van der Waals surface area (Å²) < 4.78 is 33.2. The molecule has 0 radical (unpaired) electrons. The van der Waals surface area contributed by atoms with Crippen LogP contribution >= 0.6 is 23.2 Å². The second-order valence-electron chi connectivity index (χ2n) is 6.76. The summed E-state index contributed by atoms with van der Waals surface area (Å²) in [5, 5.41) is 1.81. The van der Waals surface area contributed by atoms with E-state index in [2.05, 4.69) is 20.3 Å². The van der Waals surface area contributed by atoms with Crippen molar-refractivity contribution < 1.29 is 18.3 Å². The van der Waals surface area contributed by atoms with Crippen LogP contribution in [-0.4, -0.2) is 26.6 Å². The van der Waals surface area contributed by atoms with E-state index in [1.54, 1.807) is 20.8 Å². The summed E-state index contributed by atoms with van der Waals surface area (Å²) in [6.45, 7) is 5.12. The standard InChI is InChI=1S/C18H14Cl2F2N4O2/c1-18(2,3)28-17(27)26-16-15-14(23-7-24-16)9(6-11(19)25-15)8-4-5-10(21)12(20)13(8)22/h4-7H,1-3H3,(H,23,24,26,27). The molecule has 0 aliphatic carbocycles. The van der Waals surface area contributed by atoms with Crippen LogP contribution in [-0.2, 0) is 4.74 Å². The molecular weight excluding hydrogens is 413 g/mol. The minimum Gasteiger partial charge on any atom is -0.444 e. The molecule has 0 bridgehead atoms. The number of nitrogens with one attached hydrogen (secondary N) is 1. The van der Waals surface area contributed by atoms with E-state index < -0.39 is 28.4 Å². The molecule has 6 nitrogen and oxygen atoms in total. The van der Waals surface area contributed by atoms with E-state index in [0.29, 0.717) is 0 Å². The number of anilines is 1. The van der Waals surface area contributed by atoms with Crippen LogP contribution in [0.15, 0.2) is 24.5 Å². The van der Waals surface area contributed by atoms with Crippen molar-refractivity contribution in [3.63, 3.8) is 0 Å². The summed E-state index contributed by atoms with van der Waals surface area (Å²) in [7, 11) is 0. The normalized spacial score (nSPS) is 11.5. The van der Waals surface area contributed by atoms with Crippen LogP contribution < -0.4 is 5.32 Å². The first-order valence-corrected chi connectivity index (χ1v) is 8.77. The maximum absolute atomic E-state index is 14.5. The third kappa shape index (κ3) is 4.13. The van der Waals surface area contributed by atoms with Gasteiger partial charge >= 0.3 is 6.09 Å². The first-order valence-electron chi connectivity index (χ1n) is 8.02. The van der Waals surface area contributed by atoms with Crippen molar-refractivity contribution in [3.05, 3.63) is 46.3 Å². The molecule has 0 atom stereocenters. The fraction of sp³-hybridized carbons (Fsp3) is 0.222. The zero-order chi connectivity index (χ0) is 20.6. The van der Waals surface area contributed by atoms with Gasteiger partial charge in [0.2, 0.25) is 0 Å². The Morgan fingerprint density at radius 2 is 1.82 bits per heavy atom. The highest BCUT2D eigenvalue weighted by Crippen LogP contribution is 2.35. The number of fused-ring (bicyclic) bond motifs is 1. The zero-order valence-corrected chi connectivity index (χ0v) is 16.5. The summed E-state index contributed by atoms with van der Waals surface area (Å²) in [5.74, 6) is -1.84. The van der Waals surface area contributed by atoms with Crippen LogP contribution in [0.4, 0.5) is 19.4 Å². The molecule has 3 rings (SSSR count). The Balaban J connectivity index is 2.15. The number of carbonyl (C=O) groups excluding carboxylic acids is 1. The van der Waals surface area contributed by atoms with Crippen LogP contribution in [0.1, 0.15) is 20.8 Å². The fourth-order valence-corrected chi connectivity index (χ4v) is 2.80. The Labute approximate surface area is 168 Å². The van der Waals surface area contributed by atoms with E-state index in [0.717, 1.165) is 12.4 Å². The number of nitrogens with zero attached hydrogens (tertiary/aromatic N) is 3. The monoisotopic (exact) mass is 426 g/mol. The summed E-state index contributed by atoms with van der Waals surface area (Å²) in [4.78, 5) is 24.3. The molecule has 3 aromatic rings. The Kier molecular flexibility index (Phi) is 5.36. The average molecular weight is 427 g/mol. The highest BCUT2D eigenvalue weighted by atomic mass is 35.5. The van der Waals surface area contributed by atoms with Gasteiger partial charge in [0, 0.05) is 11.1 Å². The average Bonchev–Trinajstić information content (AvgIpc) is 2.58. The molecule has 1 amide bonds. The van der Waals surface area contributed by atoms with Gasteiger partial charge in [-0.25, -0.2) is 28.5 Å². The minimum atomic E-state index is -0.967. The highest BCUT2D eigenvalue weighted by molar-refractivity contribution is 6.31. The molecule has 1 N–H and O–H groups in total. The number of pyridine rings is 1. The lowest BCUT2D eigenvalue weighted by Crippen LogP contribution is -2.27. The third-order valence-corrected chi connectivity index (χ3v) is 4.04. The number of hydrogen-bond acceptors (Lipinski definition) is 5. The first-order chi connectivity index (χ1) is 13.1. The quantitative estimate of drug-likeness (QED) is 0.424. The Hall–Kier alpha value is -2.58. The van der Waals surface area contributed by atoms with Crippen LogP contribution in [0.2, 0.25) is 10.2 Å². The van der Waals surface area contributed by atoms with Gasteiger partial charge in [0.1, 0.15) is 39.0 Å². The van der Waals surface area contributed by atoms with Crippen molar-refractivity contribution in [3.8, 4) is 11.1 Å². The number of benzene rings is 1. The lowest BCUT2D eigenvalue weighted by Gasteiger charge is -2.19. The molecule has 0 spiro atoms. The molecule has 0 saturated heterocycles. The van der Waals surface area contributed by atoms with Gasteiger partial charge in [-0.05, 0) is 39.0 Å². The lowest BCUT2D eigenvalue weighted by atomic mass is 10.0. The fourth-order valence-electron chi connectivity index (χ4n) is 2.44. The molecule has 28 heavy (non-hydrogen) atoms. The van der Waals surface area contributed by atoms with Crippen LogP contribution in [0, 0.1) is 11.6 Å². The number of aromatic nitrogens is 3. The van der Waals surface area contributed by atoms with Gasteiger partial charge in [0.05, 0.1) is 0 Å². The largest absolute Gasteiger partial charge is 0.444 e. The molecule has 146 valence electrons. The molecule has 0 fully saturated rings. The summed E-state index contributed by atoms with van der Waals surface area (Å²) in [5.41, 5.74) is -0.244. The molecule has 2 heterocycles. The Bertz CT molecular complexity index is 1090. The highest BCUT2D eigenvalue weighted by Gasteiger charge is 2.21. The van der Waals surface area contributed by atoms with Gasteiger partial charge in [-0.2, -0.15) is 0 Å². The second kappa shape index (κ2) is 7.44. The molecule has 1 aromatic carbocycles. The minimum absolute atomic E-state index is 0.00983. The smallest absolute Gasteiger partial charge is 0.413 e. The maximum Gasteiger partial charge on any atom is 0.413 e. The number of rotatable bonds is 2. The van der Waals surface area contributed by atoms with Crippen molar-refractivity contribution in [1.29, 1.82) is 0 Å². The second-order valence-corrected chi connectivity index (χ2v) is 7.53. The van der Waals surface area contributed by atoms with Crippen molar-refractivity contribution in [2.75, 3.05) is 5.32 Å². The summed E-state index contributed by atoms with van der Waals surface area (Å²) in [6, 6.07) is 3.60. The summed E-state index contributed by atoms with van der Waals surface area (Å²) >= 11 is 11.8. The first kappa shape index (κ1) is 20.2. The van der Waals surface area contributed by atoms with E-state index in [9.17, 15) is 13.6 Å². The van der Waals surface area contributed by atoms with Crippen LogP contribution in [0.3, 0.4) is 0 Å². The molecule has 0 aliphatic heterocycles. The van der Waals surface area contributed by atoms with E-state index in [-0.39, 0.29) is 33.1 Å². The number of ether oxygens (including phenoxy) is 1. The Morgan fingerprint density at radius 1 is 1.11 bits per heavy atom. The van der Waals surface area contributed by atoms with Crippen molar-refractivity contribution in [2.45, 2.75) is 26.4 Å². The number of carbonyl (C=O) groups is 1. The summed E-state index contributed by atoms with van der Waals surface area (Å²) in [6.07, 6.45) is 0.406. The van der Waals surface area contributed by atoms with E-state index in [4.69, 9.17) is 27.9 Å². The van der Waals surface area contributed by atoms with Crippen molar-refractivity contribution in [2.24, 2.45) is 0 Å². The predicted molar refractivity (Wildman–Crippen MR) is 103 cm³/mol. The lowest BCUT2D eigenvalue weighted by molar-refractivity contribution is 0.0635. The van der Waals surface area contributed by atoms with E-state index in [1.165, 1.54) is 12.1 Å². The predicted octanol–water partition coefficient (Wildman–Crippen LogP) is 5.62. The SMILES string of the molecule is CC(C)(C)OC(=O)Nc1ncnc2c(-c3ccc(F)c(Cl)c3F)cc(Cl)nc12. The van der Waals surface area contributed by atoms with Crippen LogP contribution in [0.25, 0.3) is 22.2 Å². The van der Waals surface area contributed by atoms with Crippen LogP contribution in [0.5, 0.6) is 0 Å². The van der Waals surface area contributed by atoms with Crippen molar-refractivity contribution >= 4 is 46.1 Å². The van der Waals surface area contributed by atoms with Gasteiger partial charge in [0.15, 0.2) is 11.6 Å². The molecule has 0 saturated carbocycles. The molecular formula is C18H14Cl2F2N4O2. The molecule has 0 aliphatic rings. The van der Waals surface area contributed by atoms with E-state index in [1.807, 2.05) is 0 Å². The zero-order valence-electron chi connectivity index (χ0n) is 15.0. The number of halogens is 4. The topological polar surface area (TPSA) is 77.0 Å². The third-order valence-electron chi connectivity index (χ3n) is 3.50. The molecule has 2 aromatic heterocycles. The van der Waals surface area contributed by atoms with Gasteiger partial charge in [-0.15, -0.1) is 0 Å². The van der Waals surface area contributed by atoms with Gasteiger partial charge in [-0.3, -0.25) is 5.32 Å². The molecule has 10 heteroatoms. The number of amides is 1. The number of hydrogen-bond donors (Lipinski definition) is 1. The van der Waals surface area contributed by atoms with Gasteiger partial charge < -0.3 is 4.74 Å². The van der Waals surface area contributed by atoms with E-state index >= 15 is 0 Å². The van der Waals surface area contributed by atoms with Gasteiger partial charge in [-0.1, -0.05) is 23.2 Å². The maximum atomic E-state index is 14.5. The van der Waals surface area contributed by atoms with Crippen molar-refractivity contribution in [1.82, 2.24) is 15.0 Å². The molecule has 0 unspecified atom stereocenters. The Morgan fingerprint density at radius 3 is 2.50 bits per heavy atom. The van der Waals surface area contributed by atoms with Gasteiger partial charge in [0.25, 0.3) is 0 Å².